The molecular formula is C25H33NO. The molecule has 2 aliphatic rings. The van der Waals surface area contributed by atoms with Gasteiger partial charge in [0.1, 0.15) is 5.75 Å². The molecule has 144 valence electrons. The summed E-state index contributed by atoms with van der Waals surface area (Å²) in [5.41, 5.74) is 4.42. The van der Waals surface area contributed by atoms with E-state index in [1.807, 2.05) is 6.07 Å². The van der Waals surface area contributed by atoms with Crippen LogP contribution in [0.3, 0.4) is 0 Å². The summed E-state index contributed by atoms with van der Waals surface area (Å²) in [4.78, 5) is 2.63. The van der Waals surface area contributed by atoms with Crippen molar-refractivity contribution in [1.29, 1.82) is 0 Å². The third kappa shape index (κ3) is 3.65. The second kappa shape index (κ2) is 7.67. The number of phenols is 1. The highest BCUT2D eigenvalue weighted by Crippen LogP contribution is 2.49. The molecule has 0 heterocycles. The molecule has 0 saturated heterocycles. The van der Waals surface area contributed by atoms with Crippen LogP contribution in [0, 0.1) is 5.92 Å². The van der Waals surface area contributed by atoms with Crippen LogP contribution in [-0.4, -0.2) is 29.6 Å². The molecule has 2 aliphatic carbocycles. The van der Waals surface area contributed by atoms with Crippen LogP contribution in [0.15, 0.2) is 48.5 Å². The Labute approximate surface area is 164 Å². The van der Waals surface area contributed by atoms with Gasteiger partial charge in [0.05, 0.1) is 0 Å². The van der Waals surface area contributed by atoms with E-state index < -0.39 is 0 Å². The Balaban J connectivity index is 1.65. The van der Waals surface area contributed by atoms with Crippen LogP contribution in [-0.2, 0) is 18.3 Å². The fourth-order valence-corrected chi connectivity index (χ4v) is 5.90. The van der Waals surface area contributed by atoms with Crippen LogP contribution in [0.2, 0.25) is 0 Å². The average Bonchev–Trinajstić information content (AvgIpc) is 2.66. The quantitative estimate of drug-likeness (QED) is 0.794. The second-order valence-electron chi connectivity index (χ2n) is 8.98. The van der Waals surface area contributed by atoms with E-state index in [4.69, 9.17) is 0 Å². The lowest BCUT2D eigenvalue weighted by Crippen LogP contribution is -2.56. The molecule has 0 unspecified atom stereocenters. The minimum Gasteiger partial charge on any atom is -0.508 e. The highest BCUT2D eigenvalue weighted by molar-refractivity contribution is 5.44. The topological polar surface area (TPSA) is 23.5 Å². The molecule has 0 radical (unpaired) electrons. The minimum absolute atomic E-state index is 0.128. The molecular weight excluding hydrogens is 330 g/mol. The molecule has 0 amide bonds. The Morgan fingerprint density at radius 1 is 1.07 bits per heavy atom. The third-order valence-electron chi connectivity index (χ3n) is 7.13. The Bertz CT molecular complexity index is 771. The first-order chi connectivity index (χ1) is 13.1. The van der Waals surface area contributed by atoms with E-state index in [1.165, 1.54) is 48.8 Å². The predicted octanol–water partition coefficient (Wildman–Crippen LogP) is 5.33. The average molecular weight is 364 g/mol. The molecule has 0 aromatic heterocycles. The van der Waals surface area contributed by atoms with Crippen LogP contribution >= 0.6 is 0 Å². The minimum atomic E-state index is 0.128. The SMILES string of the molecule is CN(CCc1ccccc1)[C@H]1[C@H]2CCCCC[C@]1(C)c1cc(O)ccc1C2. The molecule has 1 N–H and O–H groups in total. The maximum Gasteiger partial charge on any atom is 0.115 e. The standard InChI is InChI=1S/C25H33NO/c1-25-15-8-4-7-11-21(17-20-12-13-22(27)18-23(20)25)24(25)26(2)16-14-19-9-5-3-6-10-19/h3,5-6,9-10,12-13,18,21,24,27H,4,7-8,11,14-17H2,1-2H3/t21-,24-,25+/m0/s1. The van der Waals surface area contributed by atoms with Crippen molar-refractivity contribution in [2.24, 2.45) is 5.92 Å². The first kappa shape index (κ1) is 18.6. The molecule has 2 aromatic rings. The largest absolute Gasteiger partial charge is 0.508 e. The molecule has 0 spiro atoms. The van der Waals surface area contributed by atoms with E-state index in [1.54, 1.807) is 0 Å². The smallest absolute Gasteiger partial charge is 0.115 e. The fourth-order valence-electron chi connectivity index (χ4n) is 5.90. The van der Waals surface area contributed by atoms with Crippen LogP contribution in [0.25, 0.3) is 0 Å². The van der Waals surface area contributed by atoms with Gasteiger partial charge in [-0.25, -0.2) is 0 Å². The number of benzene rings is 2. The Hall–Kier alpha value is -1.80. The summed E-state index contributed by atoms with van der Waals surface area (Å²) < 4.78 is 0. The summed E-state index contributed by atoms with van der Waals surface area (Å²) in [6.07, 6.45) is 8.81. The van der Waals surface area contributed by atoms with Crippen LogP contribution in [0.5, 0.6) is 5.75 Å². The molecule has 0 aliphatic heterocycles. The lowest BCUT2D eigenvalue weighted by atomic mass is 9.59. The number of hydrogen-bond acceptors (Lipinski definition) is 2. The van der Waals surface area contributed by atoms with E-state index in [0.29, 0.717) is 17.7 Å². The van der Waals surface area contributed by atoms with E-state index >= 15 is 0 Å². The summed E-state index contributed by atoms with van der Waals surface area (Å²) in [6, 6.07) is 17.5. The number of likely N-dealkylation sites (N-methyl/N-ethyl adjacent to an activating group) is 1. The lowest BCUT2D eigenvalue weighted by Gasteiger charge is -2.52. The summed E-state index contributed by atoms with van der Waals surface area (Å²) in [5.74, 6) is 1.13. The first-order valence-corrected chi connectivity index (χ1v) is 10.6. The van der Waals surface area contributed by atoms with E-state index in [0.717, 1.165) is 19.4 Å². The van der Waals surface area contributed by atoms with Crippen LogP contribution < -0.4 is 0 Å². The van der Waals surface area contributed by atoms with Gasteiger partial charge in [-0.15, -0.1) is 0 Å². The molecule has 1 saturated carbocycles. The second-order valence-corrected chi connectivity index (χ2v) is 8.98. The maximum absolute atomic E-state index is 10.2. The highest BCUT2D eigenvalue weighted by Gasteiger charge is 2.47. The maximum atomic E-state index is 10.2. The van der Waals surface area contributed by atoms with E-state index in [9.17, 15) is 5.11 Å². The van der Waals surface area contributed by atoms with E-state index in [2.05, 4.69) is 61.3 Å². The van der Waals surface area contributed by atoms with Crippen LogP contribution in [0.1, 0.15) is 55.7 Å². The molecule has 2 bridgehead atoms. The fraction of sp³-hybridized carbons (Fsp3) is 0.520. The summed E-state index contributed by atoms with van der Waals surface area (Å²) in [6.45, 7) is 3.56. The number of aromatic hydroxyl groups is 1. The van der Waals surface area contributed by atoms with E-state index in [-0.39, 0.29) is 5.41 Å². The van der Waals surface area contributed by atoms with Crippen molar-refractivity contribution in [2.75, 3.05) is 13.6 Å². The zero-order valence-corrected chi connectivity index (χ0v) is 16.8. The number of rotatable bonds is 4. The third-order valence-corrected chi connectivity index (χ3v) is 7.13. The molecule has 3 atom stereocenters. The predicted molar refractivity (Wildman–Crippen MR) is 112 cm³/mol. The summed E-state index contributed by atoms with van der Waals surface area (Å²) >= 11 is 0. The normalized spacial score (nSPS) is 27.7. The Kier molecular flexibility index (Phi) is 5.27. The summed E-state index contributed by atoms with van der Waals surface area (Å²) in [5, 5.41) is 10.2. The number of fused-ring (bicyclic) bond motifs is 4. The molecule has 2 heteroatoms. The van der Waals surface area contributed by atoms with Gasteiger partial charge in [0, 0.05) is 18.0 Å². The number of phenolic OH excluding ortho intramolecular Hbond substituents is 1. The lowest BCUT2D eigenvalue weighted by molar-refractivity contribution is 0.0650. The van der Waals surface area contributed by atoms with Crippen molar-refractivity contribution in [3.63, 3.8) is 0 Å². The zero-order chi connectivity index (χ0) is 18.9. The first-order valence-electron chi connectivity index (χ1n) is 10.6. The Morgan fingerprint density at radius 3 is 2.70 bits per heavy atom. The van der Waals surface area contributed by atoms with Crippen LogP contribution in [0.4, 0.5) is 0 Å². The van der Waals surface area contributed by atoms with Gasteiger partial charge < -0.3 is 10.0 Å². The van der Waals surface area contributed by atoms with Crippen molar-refractivity contribution in [1.82, 2.24) is 4.90 Å². The van der Waals surface area contributed by atoms with Crippen molar-refractivity contribution in [2.45, 2.75) is 63.3 Å². The number of hydrogen-bond donors (Lipinski definition) is 1. The molecule has 2 nitrogen and oxygen atoms in total. The van der Waals surface area contributed by atoms with Crippen molar-refractivity contribution < 1.29 is 5.11 Å². The van der Waals surface area contributed by atoms with Gasteiger partial charge in [0.15, 0.2) is 0 Å². The van der Waals surface area contributed by atoms with Gasteiger partial charge in [-0.1, -0.05) is 62.6 Å². The Morgan fingerprint density at radius 2 is 1.89 bits per heavy atom. The van der Waals surface area contributed by atoms with Gasteiger partial charge in [-0.3, -0.25) is 0 Å². The molecule has 27 heavy (non-hydrogen) atoms. The summed E-state index contributed by atoms with van der Waals surface area (Å²) in [7, 11) is 2.33. The van der Waals surface area contributed by atoms with Gasteiger partial charge in [-0.2, -0.15) is 0 Å². The zero-order valence-electron chi connectivity index (χ0n) is 16.8. The van der Waals surface area contributed by atoms with Crippen molar-refractivity contribution in [3.8, 4) is 5.75 Å². The molecule has 2 aromatic carbocycles. The molecule has 4 rings (SSSR count). The van der Waals surface area contributed by atoms with Gasteiger partial charge in [0.25, 0.3) is 0 Å². The van der Waals surface area contributed by atoms with Crippen molar-refractivity contribution in [3.05, 3.63) is 65.2 Å². The van der Waals surface area contributed by atoms with Gasteiger partial charge in [-0.05, 0) is 67.5 Å². The highest BCUT2D eigenvalue weighted by atomic mass is 16.3. The van der Waals surface area contributed by atoms with Crippen molar-refractivity contribution >= 4 is 0 Å². The van der Waals surface area contributed by atoms with Gasteiger partial charge in [0.2, 0.25) is 0 Å². The number of nitrogens with zero attached hydrogens (tertiary/aromatic N) is 1. The van der Waals surface area contributed by atoms with Gasteiger partial charge >= 0.3 is 0 Å². The molecule has 1 fully saturated rings. The monoisotopic (exact) mass is 363 g/mol.